The summed E-state index contributed by atoms with van der Waals surface area (Å²) < 4.78 is 26.4. The minimum absolute atomic E-state index is 0.136. The van der Waals surface area contributed by atoms with E-state index in [-0.39, 0.29) is 17.4 Å². The van der Waals surface area contributed by atoms with Crippen molar-refractivity contribution in [2.45, 2.75) is 57.5 Å². The van der Waals surface area contributed by atoms with E-state index in [1.807, 2.05) is 4.90 Å². The number of piperidine rings is 1. The summed E-state index contributed by atoms with van der Waals surface area (Å²) in [6, 6.07) is 8.19. The largest absolute Gasteiger partial charge is 0.371 e. The molecular weight excluding hydrogens is 464 g/mol. The fourth-order valence-electron chi connectivity index (χ4n) is 6.01. The Morgan fingerprint density at radius 3 is 2.49 bits per heavy atom. The number of carbonyl (C=O) groups excluding carboxylic acids is 1. The monoisotopic (exact) mass is 500 g/mol. The molecule has 3 aliphatic rings. The maximum absolute atomic E-state index is 13.0. The fraction of sp³-hybridized carbons (Fsp3) is 0.600. The van der Waals surface area contributed by atoms with Crippen LogP contribution in [0.1, 0.15) is 49.7 Å². The van der Waals surface area contributed by atoms with Gasteiger partial charge in [0.15, 0.2) is 5.82 Å². The minimum atomic E-state index is -3.43. The zero-order chi connectivity index (χ0) is 24.6. The van der Waals surface area contributed by atoms with E-state index >= 15 is 0 Å². The first kappa shape index (κ1) is 24.1. The van der Waals surface area contributed by atoms with Gasteiger partial charge in [0.2, 0.25) is 10.0 Å². The van der Waals surface area contributed by atoms with Gasteiger partial charge in [-0.3, -0.25) is 9.62 Å². The normalized spacial score (nSPS) is 20.6. The van der Waals surface area contributed by atoms with Crippen molar-refractivity contribution in [2.75, 3.05) is 48.6 Å². The van der Waals surface area contributed by atoms with Gasteiger partial charge in [-0.05, 0) is 69.2 Å². The van der Waals surface area contributed by atoms with Crippen molar-refractivity contribution in [3.8, 4) is 0 Å². The molecule has 0 aliphatic carbocycles. The number of aryl methyl sites for hydroxylation is 1. The van der Waals surface area contributed by atoms with E-state index in [9.17, 15) is 13.2 Å². The number of carbonyl (C=O) groups is 1. The summed E-state index contributed by atoms with van der Waals surface area (Å²) in [6.07, 6.45) is 9.37. The van der Waals surface area contributed by atoms with Gasteiger partial charge in [0, 0.05) is 56.2 Å². The predicted molar refractivity (Wildman–Crippen MR) is 137 cm³/mol. The lowest BCUT2D eigenvalue weighted by molar-refractivity contribution is 0.0586. The van der Waals surface area contributed by atoms with Crippen molar-refractivity contribution >= 4 is 27.6 Å². The zero-order valence-corrected chi connectivity index (χ0v) is 21.6. The van der Waals surface area contributed by atoms with Crippen molar-refractivity contribution in [3.05, 3.63) is 41.6 Å². The Hall–Kier alpha value is -2.59. The average molecular weight is 501 g/mol. The Balaban J connectivity index is 1.25. The van der Waals surface area contributed by atoms with Crippen LogP contribution in [-0.2, 0) is 16.6 Å². The van der Waals surface area contributed by atoms with Crippen molar-refractivity contribution in [1.29, 1.82) is 0 Å². The van der Waals surface area contributed by atoms with E-state index in [2.05, 4.69) is 44.7 Å². The van der Waals surface area contributed by atoms with Gasteiger partial charge in [-0.1, -0.05) is 12.1 Å². The van der Waals surface area contributed by atoms with Crippen LogP contribution >= 0.6 is 0 Å². The zero-order valence-electron chi connectivity index (χ0n) is 20.7. The number of hydrogen-bond acceptors (Lipinski definition) is 6. The number of nitrogens with one attached hydrogen (secondary N) is 1. The maximum Gasteiger partial charge on any atom is 0.344 e. The van der Waals surface area contributed by atoms with E-state index in [1.54, 1.807) is 0 Å². The molecule has 0 radical (unpaired) electrons. The van der Waals surface area contributed by atoms with Gasteiger partial charge < -0.3 is 9.80 Å². The number of benzene rings is 1. The van der Waals surface area contributed by atoms with E-state index in [0.717, 1.165) is 45.3 Å². The second-order valence-electron chi connectivity index (χ2n) is 10.4. The summed E-state index contributed by atoms with van der Waals surface area (Å²) in [6.45, 7) is 7.88. The number of nitrogens with zero attached hydrogens (tertiary/aromatic N) is 5. The number of likely N-dealkylation sites (tertiary alicyclic amines) is 2. The summed E-state index contributed by atoms with van der Waals surface area (Å²) in [4.78, 5) is 20.1. The van der Waals surface area contributed by atoms with Gasteiger partial charge in [-0.15, -0.1) is 5.10 Å². The van der Waals surface area contributed by atoms with E-state index in [1.165, 1.54) is 59.4 Å². The molecule has 9 nitrogen and oxygen atoms in total. The van der Waals surface area contributed by atoms with Crippen LogP contribution in [-0.4, -0.2) is 78.5 Å². The van der Waals surface area contributed by atoms with Gasteiger partial charge in [0.1, 0.15) is 0 Å². The maximum atomic E-state index is 13.0. The van der Waals surface area contributed by atoms with Crippen LogP contribution in [0.5, 0.6) is 0 Å². The van der Waals surface area contributed by atoms with Gasteiger partial charge >= 0.3 is 6.03 Å². The van der Waals surface area contributed by atoms with Crippen LogP contribution in [0, 0.1) is 6.92 Å². The molecule has 0 bridgehead atoms. The summed E-state index contributed by atoms with van der Waals surface area (Å²) in [5, 5.41) is 4.11. The lowest BCUT2D eigenvalue weighted by atomic mass is 9.84. The minimum Gasteiger partial charge on any atom is -0.371 e. The molecule has 10 heteroatoms. The summed E-state index contributed by atoms with van der Waals surface area (Å²) in [5.74, 6) is 0.156. The number of anilines is 2. The number of aromatic nitrogens is 2. The highest BCUT2D eigenvalue weighted by atomic mass is 32.2. The van der Waals surface area contributed by atoms with Crippen molar-refractivity contribution in [1.82, 2.24) is 19.6 Å². The summed E-state index contributed by atoms with van der Waals surface area (Å²) >= 11 is 0. The number of amides is 1. The van der Waals surface area contributed by atoms with Gasteiger partial charge in [0.25, 0.3) is 0 Å². The Kier molecular flexibility index (Phi) is 6.52. The van der Waals surface area contributed by atoms with Crippen LogP contribution in [0.4, 0.5) is 16.3 Å². The Morgan fingerprint density at radius 2 is 1.77 bits per heavy atom. The summed E-state index contributed by atoms with van der Waals surface area (Å²) in [5.41, 5.74) is 4.26. The predicted octanol–water partition coefficient (Wildman–Crippen LogP) is 3.26. The van der Waals surface area contributed by atoms with Crippen LogP contribution in [0.15, 0.2) is 30.5 Å². The highest BCUT2D eigenvalue weighted by molar-refractivity contribution is 7.92. The molecule has 1 spiro atoms. The molecule has 3 saturated heterocycles. The molecule has 4 heterocycles. The molecule has 1 N–H and O–H groups in total. The van der Waals surface area contributed by atoms with Crippen LogP contribution in [0.2, 0.25) is 0 Å². The van der Waals surface area contributed by atoms with Crippen LogP contribution in [0.25, 0.3) is 0 Å². The van der Waals surface area contributed by atoms with Gasteiger partial charge in [-0.25, -0.2) is 13.2 Å². The van der Waals surface area contributed by atoms with Crippen molar-refractivity contribution in [2.24, 2.45) is 0 Å². The van der Waals surface area contributed by atoms with Gasteiger partial charge in [0.05, 0.1) is 6.26 Å². The van der Waals surface area contributed by atoms with Crippen molar-refractivity contribution in [3.63, 3.8) is 0 Å². The molecule has 3 aliphatic heterocycles. The number of sulfonamides is 1. The third-order valence-corrected chi connectivity index (χ3v) is 8.41. The SMILES string of the molecule is Cc1ccc(CN2CCCC23CCN(C(=O)n2ccc(NS(C)(=O)=O)n2)CC3)c(N2CCCC2)c1. The topological polar surface area (TPSA) is 90.8 Å². The van der Waals surface area contributed by atoms with Crippen LogP contribution in [0.3, 0.4) is 0 Å². The molecule has 1 aromatic carbocycles. The Bertz CT molecular complexity index is 1180. The molecule has 0 atom stereocenters. The molecule has 0 unspecified atom stereocenters. The first-order valence-corrected chi connectivity index (χ1v) is 14.5. The lowest BCUT2D eigenvalue weighted by Crippen LogP contribution is -2.53. The van der Waals surface area contributed by atoms with E-state index < -0.39 is 10.0 Å². The fourth-order valence-corrected chi connectivity index (χ4v) is 6.50. The molecule has 190 valence electrons. The van der Waals surface area contributed by atoms with Crippen molar-refractivity contribution < 1.29 is 13.2 Å². The highest BCUT2D eigenvalue weighted by Crippen LogP contribution is 2.40. The Labute approximate surface area is 208 Å². The molecule has 2 aromatic rings. The molecular formula is C25H36N6O3S. The number of rotatable bonds is 5. The third kappa shape index (κ3) is 5.18. The second-order valence-corrected chi connectivity index (χ2v) is 12.1. The summed E-state index contributed by atoms with van der Waals surface area (Å²) in [7, 11) is -3.43. The Morgan fingerprint density at radius 1 is 1.03 bits per heavy atom. The molecule has 5 rings (SSSR count). The third-order valence-electron chi connectivity index (χ3n) is 7.83. The van der Waals surface area contributed by atoms with E-state index in [4.69, 9.17) is 0 Å². The molecule has 1 amide bonds. The lowest BCUT2D eigenvalue weighted by Gasteiger charge is -2.45. The van der Waals surface area contributed by atoms with Gasteiger partial charge in [-0.2, -0.15) is 4.68 Å². The first-order valence-electron chi connectivity index (χ1n) is 12.6. The quantitative estimate of drug-likeness (QED) is 0.678. The molecule has 0 saturated carbocycles. The highest BCUT2D eigenvalue weighted by Gasteiger charge is 2.44. The molecule has 35 heavy (non-hydrogen) atoms. The molecule has 1 aromatic heterocycles. The average Bonchev–Trinajstić information content (AvgIpc) is 3.57. The molecule has 3 fully saturated rings. The van der Waals surface area contributed by atoms with Crippen LogP contribution < -0.4 is 9.62 Å². The standard InChI is InChI=1S/C25H36N6O3S/c1-20-6-7-21(22(18-20)28-12-3-4-13-28)19-30-14-5-9-25(30)10-16-29(17-11-25)24(32)31-15-8-23(26-31)27-35(2,33)34/h6-8,15,18H,3-5,9-14,16-17,19H2,1-2H3,(H,26,27). The second kappa shape index (κ2) is 9.46. The number of hydrogen-bond donors (Lipinski definition) is 1. The smallest absolute Gasteiger partial charge is 0.344 e. The first-order chi connectivity index (χ1) is 16.7. The van der Waals surface area contributed by atoms with E-state index in [0.29, 0.717) is 13.1 Å².